The Hall–Kier alpha value is -2.58. The molecule has 8 nitrogen and oxygen atoms in total. The van der Waals surface area contributed by atoms with Crippen molar-refractivity contribution in [3.63, 3.8) is 0 Å². The monoisotopic (exact) mass is 386 g/mol. The Morgan fingerprint density at radius 1 is 1.14 bits per heavy atom. The summed E-state index contributed by atoms with van der Waals surface area (Å²) in [6, 6.07) is 7.75. The van der Waals surface area contributed by atoms with Gasteiger partial charge in [0.05, 0.1) is 11.4 Å². The van der Waals surface area contributed by atoms with E-state index in [-0.39, 0.29) is 11.8 Å². The molecule has 0 saturated carbocycles. The van der Waals surface area contributed by atoms with Crippen LogP contribution in [0.3, 0.4) is 0 Å². The Bertz CT molecular complexity index is 895. The molecule has 0 aliphatic carbocycles. The third-order valence-electron chi connectivity index (χ3n) is 5.78. The number of nitrogens with zero attached hydrogens (tertiary/aromatic N) is 4. The van der Waals surface area contributed by atoms with Crippen LogP contribution in [0.15, 0.2) is 24.3 Å². The summed E-state index contributed by atoms with van der Waals surface area (Å²) in [5.41, 5.74) is 2.11. The minimum Gasteiger partial charge on any atom is -0.449 e. The number of carbonyl (C=O) groups is 2. The number of likely N-dealkylation sites (tertiary alicyclic amines) is 1. The predicted molar refractivity (Wildman–Crippen MR) is 104 cm³/mol. The molecule has 0 bridgehead atoms. The maximum Gasteiger partial charge on any atom is 0.512 e. The third kappa shape index (κ3) is 3.57. The van der Waals surface area contributed by atoms with Crippen LogP contribution in [-0.2, 0) is 18.4 Å². The lowest BCUT2D eigenvalue weighted by atomic mass is 9.99. The maximum atomic E-state index is 12.5. The molecule has 4 rings (SSSR count). The van der Waals surface area contributed by atoms with Gasteiger partial charge in [-0.1, -0.05) is 18.2 Å². The van der Waals surface area contributed by atoms with Gasteiger partial charge in [-0.05, 0) is 12.6 Å². The number of aryl methyl sites for hydroxylation is 1. The highest BCUT2D eigenvalue weighted by atomic mass is 16.7. The number of para-hydroxylation sites is 1. The zero-order chi connectivity index (χ0) is 19.8. The highest BCUT2D eigenvalue weighted by molar-refractivity contribution is 5.86. The molecule has 0 unspecified atom stereocenters. The van der Waals surface area contributed by atoms with E-state index in [4.69, 9.17) is 9.84 Å². The Balaban J connectivity index is 1.42. The van der Waals surface area contributed by atoms with Crippen molar-refractivity contribution in [2.75, 3.05) is 46.3 Å². The van der Waals surface area contributed by atoms with Gasteiger partial charge in [-0.3, -0.25) is 9.69 Å². The molecule has 1 amide bonds. The van der Waals surface area contributed by atoms with E-state index in [1.54, 1.807) is 10.6 Å². The molecule has 150 valence electrons. The number of carbonyl (C=O) groups excluding carboxylic acids is 1. The molecule has 28 heavy (non-hydrogen) atoms. The highest BCUT2D eigenvalue weighted by Crippen LogP contribution is 2.28. The summed E-state index contributed by atoms with van der Waals surface area (Å²) in [5, 5.41) is 9.87. The molecular weight excluding hydrogens is 360 g/mol. The Labute approximate surface area is 163 Å². The van der Waals surface area contributed by atoms with E-state index in [2.05, 4.69) is 15.9 Å². The number of piperazine rings is 1. The molecule has 0 radical (unpaired) electrons. The van der Waals surface area contributed by atoms with Gasteiger partial charge in [-0.25, -0.2) is 4.79 Å². The number of aromatic nitrogens is 1. The van der Waals surface area contributed by atoms with Gasteiger partial charge in [0.1, 0.15) is 0 Å². The Kier molecular flexibility index (Phi) is 4.99. The zero-order valence-corrected chi connectivity index (χ0v) is 16.3. The van der Waals surface area contributed by atoms with Gasteiger partial charge in [0.25, 0.3) is 0 Å². The lowest BCUT2D eigenvalue weighted by Gasteiger charge is -2.41. The lowest BCUT2D eigenvalue weighted by Crippen LogP contribution is -2.56. The molecule has 1 N–H and O–H groups in total. The van der Waals surface area contributed by atoms with Crippen molar-refractivity contribution in [3.05, 3.63) is 29.8 Å². The largest absolute Gasteiger partial charge is 0.512 e. The minimum absolute atomic E-state index is 0.168. The SMILES string of the molecule is CN1CC(C(=O)N2CCN(Cc3cccc4cc(OC(=O)O)n(C)c34)CC2)C1. The topological polar surface area (TPSA) is 78.2 Å². The van der Waals surface area contributed by atoms with Gasteiger partial charge in [0, 0.05) is 64.3 Å². The number of rotatable bonds is 4. The standard InChI is InChI=1S/C20H26N4O4/c1-21-11-16(12-21)19(25)24-8-6-23(7-9-24)13-15-5-3-4-14-10-17(28-20(26)27)22(2)18(14)15/h3-5,10,16H,6-9,11-13H2,1-2H3,(H,26,27). The number of amides is 1. The summed E-state index contributed by atoms with van der Waals surface area (Å²) in [5.74, 6) is 0.773. The van der Waals surface area contributed by atoms with Crippen molar-refractivity contribution in [2.45, 2.75) is 6.54 Å². The number of carboxylic acid groups (broad SMARTS) is 1. The van der Waals surface area contributed by atoms with E-state index < -0.39 is 6.16 Å². The van der Waals surface area contributed by atoms with Crippen molar-refractivity contribution >= 4 is 23.0 Å². The van der Waals surface area contributed by atoms with Gasteiger partial charge >= 0.3 is 6.16 Å². The fourth-order valence-electron chi connectivity index (χ4n) is 4.27. The Morgan fingerprint density at radius 2 is 1.86 bits per heavy atom. The van der Waals surface area contributed by atoms with Crippen LogP contribution in [0.2, 0.25) is 0 Å². The van der Waals surface area contributed by atoms with E-state index in [0.29, 0.717) is 5.88 Å². The molecule has 2 fully saturated rings. The molecule has 2 aromatic rings. The van der Waals surface area contributed by atoms with E-state index in [9.17, 15) is 9.59 Å². The fourth-order valence-corrected chi connectivity index (χ4v) is 4.27. The predicted octanol–water partition coefficient (Wildman–Crippen LogP) is 1.44. The summed E-state index contributed by atoms with van der Waals surface area (Å²) in [7, 11) is 3.86. The van der Waals surface area contributed by atoms with Gasteiger partial charge in [0.15, 0.2) is 0 Å². The van der Waals surface area contributed by atoms with Crippen LogP contribution in [0.5, 0.6) is 5.88 Å². The fraction of sp³-hybridized carbons (Fsp3) is 0.500. The lowest BCUT2D eigenvalue weighted by molar-refractivity contribution is -0.142. The summed E-state index contributed by atoms with van der Waals surface area (Å²) in [6.07, 6.45) is -1.31. The molecule has 1 aromatic heterocycles. The van der Waals surface area contributed by atoms with E-state index >= 15 is 0 Å². The Morgan fingerprint density at radius 3 is 2.50 bits per heavy atom. The highest BCUT2D eigenvalue weighted by Gasteiger charge is 2.34. The second-order valence-electron chi connectivity index (χ2n) is 7.78. The van der Waals surface area contributed by atoms with Gasteiger partial charge in [-0.15, -0.1) is 0 Å². The second kappa shape index (κ2) is 7.44. The number of hydrogen-bond acceptors (Lipinski definition) is 5. The first-order chi connectivity index (χ1) is 13.4. The zero-order valence-electron chi connectivity index (χ0n) is 16.3. The molecule has 8 heteroatoms. The minimum atomic E-state index is -1.31. The number of fused-ring (bicyclic) bond motifs is 1. The maximum absolute atomic E-state index is 12.5. The van der Waals surface area contributed by atoms with Gasteiger partial charge < -0.3 is 24.2 Å². The molecule has 1 aromatic carbocycles. The van der Waals surface area contributed by atoms with Crippen molar-refractivity contribution in [1.82, 2.24) is 19.3 Å². The number of ether oxygens (including phenoxy) is 1. The van der Waals surface area contributed by atoms with Gasteiger partial charge in [-0.2, -0.15) is 0 Å². The van der Waals surface area contributed by atoms with Crippen molar-refractivity contribution < 1.29 is 19.4 Å². The first-order valence-corrected chi connectivity index (χ1v) is 9.60. The molecular formula is C20H26N4O4. The summed E-state index contributed by atoms with van der Waals surface area (Å²) in [6.45, 7) is 5.70. The average molecular weight is 386 g/mol. The summed E-state index contributed by atoms with van der Waals surface area (Å²) < 4.78 is 6.66. The van der Waals surface area contributed by atoms with Crippen LogP contribution in [0.25, 0.3) is 10.9 Å². The summed E-state index contributed by atoms with van der Waals surface area (Å²) >= 11 is 0. The van der Waals surface area contributed by atoms with Crippen LogP contribution >= 0.6 is 0 Å². The first kappa shape index (κ1) is 18.8. The van der Waals surface area contributed by atoms with Crippen molar-refractivity contribution in [2.24, 2.45) is 13.0 Å². The van der Waals surface area contributed by atoms with Crippen LogP contribution in [0, 0.1) is 5.92 Å². The first-order valence-electron chi connectivity index (χ1n) is 9.60. The quantitative estimate of drug-likeness (QED) is 0.802. The molecule has 0 atom stereocenters. The molecule has 2 aliphatic heterocycles. The van der Waals surface area contributed by atoms with Crippen LogP contribution < -0.4 is 4.74 Å². The second-order valence-corrected chi connectivity index (χ2v) is 7.78. The molecule has 0 spiro atoms. The van der Waals surface area contributed by atoms with Crippen LogP contribution in [0.1, 0.15) is 5.56 Å². The molecule has 2 saturated heterocycles. The number of hydrogen-bond donors (Lipinski definition) is 1. The van der Waals surface area contributed by atoms with Crippen molar-refractivity contribution in [1.29, 1.82) is 0 Å². The van der Waals surface area contributed by atoms with Crippen molar-refractivity contribution in [3.8, 4) is 5.88 Å². The van der Waals surface area contributed by atoms with E-state index in [0.717, 1.165) is 62.3 Å². The third-order valence-corrected chi connectivity index (χ3v) is 5.78. The average Bonchev–Trinajstić information content (AvgIpc) is 2.95. The summed E-state index contributed by atoms with van der Waals surface area (Å²) in [4.78, 5) is 29.9. The van der Waals surface area contributed by atoms with E-state index in [1.807, 2.05) is 31.1 Å². The van der Waals surface area contributed by atoms with Crippen LogP contribution in [0.4, 0.5) is 4.79 Å². The molecule has 3 heterocycles. The normalized spacial score (nSPS) is 19.0. The number of benzene rings is 1. The van der Waals surface area contributed by atoms with Crippen LogP contribution in [-0.4, -0.2) is 82.8 Å². The van der Waals surface area contributed by atoms with E-state index in [1.165, 1.54) is 0 Å². The smallest absolute Gasteiger partial charge is 0.449 e. The molecule has 2 aliphatic rings. The van der Waals surface area contributed by atoms with Gasteiger partial charge in [0.2, 0.25) is 11.8 Å².